The molecule has 1 amide bonds. The molecule has 0 spiro atoms. The minimum atomic E-state index is 0.169. The standard InChI is InChI=1S/C14H21N3O/c1-3-16(2)14(18)10-17-8-4-5-11-9-12(15)6-7-13(11)17/h6-7,9H,3-5,8,10,15H2,1-2H3. The number of likely N-dealkylation sites (N-methyl/N-ethyl adjacent to an activating group) is 1. The maximum absolute atomic E-state index is 12.0. The van der Waals surface area contributed by atoms with Gasteiger partial charge in [-0.25, -0.2) is 0 Å². The van der Waals surface area contributed by atoms with Gasteiger partial charge in [0.2, 0.25) is 5.91 Å². The predicted octanol–water partition coefficient (Wildman–Crippen LogP) is 1.50. The van der Waals surface area contributed by atoms with Crippen molar-refractivity contribution in [3.05, 3.63) is 23.8 Å². The molecule has 18 heavy (non-hydrogen) atoms. The number of nitrogens with zero attached hydrogens (tertiary/aromatic N) is 2. The Morgan fingerprint density at radius 1 is 1.50 bits per heavy atom. The SMILES string of the molecule is CCN(C)C(=O)CN1CCCc2cc(N)ccc21. The molecular formula is C14H21N3O. The number of carbonyl (C=O) groups excluding carboxylic acids is 1. The molecule has 2 N–H and O–H groups in total. The molecule has 0 radical (unpaired) electrons. The molecule has 1 aliphatic rings. The largest absolute Gasteiger partial charge is 0.399 e. The summed E-state index contributed by atoms with van der Waals surface area (Å²) in [5.74, 6) is 0.169. The maximum Gasteiger partial charge on any atom is 0.241 e. The second-order valence-electron chi connectivity index (χ2n) is 4.82. The Kier molecular flexibility index (Phi) is 3.75. The fourth-order valence-corrected chi connectivity index (χ4v) is 2.32. The predicted molar refractivity (Wildman–Crippen MR) is 74.7 cm³/mol. The van der Waals surface area contributed by atoms with E-state index in [9.17, 15) is 4.79 Å². The lowest BCUT2D eigenvalue weighted by Crippen LogP contribution is -2.40. The Balaban J connectivity index is 2.15. The second kappa shape index (κ2) is 5.29. The van der Waals surface area contributed by atoms with E-state index in [1.165, 1.54) is 5.56 Å². The molecule has 0 saturated carbocycles. The molecule has 0 atom stereocenters. The van der Waals surface area contributed by atoms with Gasteiger partial charge in [-0.15, -0.1) is 0 Å². The van der Waals surface area contributed by atoms with E-state index in [0.717, 1.165) is 37.3 Å². The first-order valence-electron chi connectivity index (χ1n) is 6.49. The van der Waals surface area contributed by atoms with Crippen LogP contribution in [0.1, 0.15) is 18.9 Å². The van der Waals surface area contributed by atoms with Gasteiger partial charge in [-0.3, -0.25) is 4.79 Å². The van der Waals surface area contributed by atoms with Gasteiger partial charge < -0.3 is 15.5 Å². The monoisotopic (exact) mass is 247 g/mol. The van der Waals surface area contributed by atoms with Gasteiger partial charge in [0, 0.05) is 31.5 Å². The minimum Gasteiger partial charge on any atom is -0.399 e. The van der Waals surface area contributed by atoms with Crippen molar-refractivity contribution < 1.29 is 4.79 Å². The molecule has 98 valence electrons. The Hall–Kier alpha value is -1.71. The lowest BCUT2D eigenvalue weighted by atomic mass is 10.0. The lowest BCUT2D eigenvalue weighted by Gasteiger charge is -2.32. The minimum absolute atomic E-state index is 0.169. The molecule has 0 aliphatic carbocycles. The number of benzene rings is 1. The lowest BCUT2D eigenvalue weighted by molar-refractivity contribution is -0.128. The van der Waals surface area contributed by atoms with E-state index in [2.05, 4.69) is 4.90 Å². The fraction of sp³-hybridized carbons (Fsp3) is 0.500. The normalized spacial score (nSPS) is 14.2. The number of hydrogen-bond acceptors (Lipinski definition) is 3. The third-order valence-corrected chi connectivity index (χ3v) is 3.54. The molecule has 1 aromatic carbocycles. The zero-order valence-electron chi connectivity index (χ0n) is 11.1. The van der Waals surface area contributed by atoms with E-state index in [-0.39, 0.29) is 5.91 Å². The van der Waals surface area contributed by atoms with Crippen molar-refractivity contribution in [2.75, 3.05) is 37.3 Å². The highest BCUT2D eigenvalue weighted by Crippen LogP contribution is 2.28. The smallest absolute Gasteiger partial charge is 0.241 e. The second-order valence-corrected chi connectivity index (χ2v) is 4.82. The Morgan fingerprint density at radius 2 is 2.28 bits per heavy atom. The molecule has 0 aromatic heterocycles. The highest BCUT2D eigenvalue weighted by molar-refractivity contribution is 5.82. The number of aryl methyl sites for hydroxylation is 1. The van der Waals surface area contributed by atoms with Crippen LogP contribution < -0.4 is 10.6 Å². The fourth-order valence-electron chi connectivity index (χ4n) is 2.32. The summed E-state index contributed by atoms with van der Waals surface area (Å²) in [5, 5.41) is 0. The first-order valence-corrected chi connectivity index (χ1v) is 6.49. The highest BCUT2D eigenvalue weighted by atomic mass is 16.2. The van der Waals surface area contributed by atoms with Crippen LogP contribution in [0.3, 0.4) is 0 Å². The van der Waals surface area contributed by atoms with Crippen molar-refractivity contribution in [2.45, 2.75) is 19.8 Å². The van der Waals surface area contributed by atoms with E-state index >= 15 is 0 Å². The van der Waals surface area contributed by atoms with Crippen LogP contribution in [0.5, 0.6) is 0 Å². The van der Waals surface area contributed by atoms with E-state index in [1.54, 1.807) is 4.90 Å². The highest BCUT2D eigenvalue weighted by Gasteiger charge is 2.20. The molecule has 1 aromatic rings. The van der Waals surface area contributed by atoms with Gasteiger partial charge in [0.15, 0.2) is 0 Å². The van der Waals surface area contributed by atoms with Gasteiger partial charge in [0.25, 0.3) is 0 Å². The summed E-state index contributed by atoms with van der Waals surface area (Å²) in [4.78, 5) is 15.9. The molecule has 0 bridgehead atoms. The molecular weight excluding hydrogens is 226 g/mol. The number of rotatable bonds is 3. The van der Waals surface area contributed by atoms with Gasteiger partial charge in [-0.05, 0) is 43.5 Å². The number of carbonyl (C=O) groups is 1. The molecule has 1 heterocycles. The topological polar surface area (TPSA) is 49.6 Å². The molecule has 0 unspecified atom stereocenters. The van der Waals surface area contributed by atoms with Gasteiger partial charge in [0.05, 0.1) is 6.54 Å². The van der Waals surface area contributed by atoms with Crippen LogP contribution >= 0.6 is 0 Å². The van der Waals surface area contributed by atoms with Crippen LogP contribution in [-0.4, -0.2) is 37.5 Å². The molecule has 4 heteroatoms. The first kappa shape index (κ1) is 12.7. The summed E-state index contributed by atoms with van der Waals surface area (Å²) >= 11 is 0. The van der Waals surface area contributed by atoms with Crippen molar-refractivity contribution in [3.63, 3.8) is 0 Å². The van der Waals surface area contributed by atoms with Crippen LogP contribution in [0, 0.1) is 0 Å². The van der Waals surface area contributed by atoms with Crippen LogP contribution in [0.25, 0.3) is 0 Å². The van der Waals surface area contributed by atoms with Gasteiger partial charge in [-0.2, -0.15) is 0 Å². The number of hydrogen-bond donors (Lipinski definition) is 1. The zero-order chi connectivity index (χ0) is 13.1. The van der Waals surface area contributed by atoms with Crippen LogP contribution in [-0.2, 0) is 11.2 Å². The molecule has 0 fully saturated rings. The van der Waals surface area contributed by atoms with Crippen molar-refractivity contribution in [1.82, 2.24) is 4.90 Å². The summed E-state index contributed by atoms with van der Waals surface area (Å²) in [5.41, 5.74) is 9.02. The van der Waals surface area contributed by atoms with Crippen molar-refractivity contribution in [1.29, 1.82) is 0 Å². The molecule has 2 rings (SSSR count). The number of anilines is 2. The number of nitrogens with two attached hydrogens (primary N) is 1. The Morgan fingerprint density at radius 3 is 3.00 bits per heavy atom. The quantitative estimate of drug-likeness (QED) is 0.823. The summed E-state index contributed by atoms with van der Waals surface area (Å²) in [6.07, 6.45) is 2.13. The summed E-state index contributed by atoms with van der Waals surface area (Å²) in [6, 6.07) is 5.96. The van der Waals surface area contributed by atoms with Crippen LogP contribution in [0.2, 0.25) is 0 Å². The summed E-state index contributed by atoms with van der Waals surface area (Å²) in [6.45, 7) is 4.14. The third-order valence-electron chi connectivity index (χ3n) is 3.54. The van der Waals surface area contributed by atoms with E-state index < -0.39 is 0 Å². The Labute approximate surface area is 108 Å². The van der Waals surface area contributed by atoms with Crippen LogP contribution in [0.4, 0.5) is 11.4 Å². The third kappa shape index (κ3) is 2.58. The maximum atomic E-state index is 12.0. The zero-order valence-corrected chi connectivity index (χ0v) is 11.1. The molecule has 4 nitrogen and oxygen atoms in total. The average Bonchev–Trinajstić information content (AvgIpc) is 2.37. The summed E-state index contributed by atoms with van der Waals surface area (Å²) < 4.78 is 0. The van der Waals surface area contributed by atoms with E-state index in [1.807, 2.05) is 32.2 Å². The number of fused-ring (bicyclic) bond motifs is 1. The summed E-state index contributed by atoms with van der Waals surface area (Å²) in [7, 11) is 1.84. The van der Waals surface area contributed by atoms with Gasteiger partial charge >= 0.3 is 0 Å². The van der Waals surface area contributed by atoms with E-state index in [4.69, 9.17) is 5.73 Å². The Bertz CT molecular complexity index is 445. The van der Waals surface area contributed by atoms with Crippen molar-refractivity contribution >= 4 is 17.3 Å². The number of amides is 1. The van der Waals surface area contributed by atoms with Gasteiger partial charge in [-0.1, -0.05) is 0 Å². The van der Waals surface area contributed by atoms with Crippen molar-refractivity contribution in [3.8, 4) is 0 Å². The van der Waals surface area contributed by atoms with Gasteiger partial charge in [0.1, 0.15) is 0 Å². The molecule has 0 saturated heterocycles. The van der Waals surface area contributed by atoms with Crippen LogP contribution in [0.15, 0.2) is 18.2 Å². The number of nitrogen functional groups attached to an aromatic ring is 1. The first-order chi connectivity index (χ1) is 8.61. The average molecular weight is 247 g/mol. The molecule has 1 aliphatic heterocycles. The van der Waals surface area contributed by atoms with E-state index in [0.29, 0.717) is 6.54 Å². The van der Waals surface area contributed by atoms with Crippen molar-refractivity contribution in [2.24, 2.45) is 0 Å².